The molecule has 3 rings (SSSR count). The number of benzene rings is 2. The molecule has 0 unspecified atom stereocenters. The van der Waals surface area contributed by atoms with Crippen LogP contribution < -0.4 is 4.74 Å². The molecule has 3 nitrogen and oxygen atoms in total. The van der Waals surface area contributed by atoms with Crippen LogP contribution in [-0.4, -0.2) is 16.6 Å². The summed E-state index contributed by atoms with van der Waals surface area (Å²) in [6.07, 6.45) is 5.77. The van der Waals surface area contributed by atoms with Gasteiger partial charge in [0.15, 0.2) is 5.82 Å². The molecule has 1 aromatic heterocycles. The molecular weight excluding hydrogens is 322 g/mol. The highest BCUT2D eigenvalue weighted by atomic mass is 19.3. The Bertz CT molecular complexity index is 801. The van der Waals surface area contributed by atoms with Crippen molar-refractivity contribution in [2.75, 3.05) is 0 Å². The van der Waals surface area contributed by atoms with Crippen molar-refractivity contribution >= 4 is 0 Å². The first-order chi connectivity index (χ1) is 12.2. The normalized spacial score (nSPS) is 10.9. The van der Waals surface area contributed by atoms with Gasteiger partial charge in [-0.15, -0.1) is 0 Å². The summed E-state index contributed by atoms with van der Waals surface area (Å²) in [5.41, 5.74) is 3.97. The largest absolute Gasteiger partial charge is 0.435 e. The smallest absolute Gasteiger partial charge is 0.387 e. The number of ether oxygens (including phenoxy) is 1. The van der Waals surface area contributed by atoms with Gasteiger partial charge in [0, 0.05) is 18.0 Å². The van der Waals surface area contributed by atoms with Gasteiger partial charge in [0.1, 0.15) is 5.75 Å². The van der Waals surface area contributed by atoms with Gasteiger partial charge in [0.05, 0.1) is 0 Å². The van der Waals surface area contributed by atoms with Gasteiger partial charge in [-0.25, -0.2) is 9.97 Å². The van der Waals surface area contributed by atoms with Crippen molar-refractivity contribution in [2.45, 2.75) is 26.4 Å². The van der Waals surface area contributed by atoms with Crippen LogP contribution in [0.2, 0.25) is 0 Å². The molecular formula is C20H18F2N2O. The molecule has 0 N–H and O–H groups in total. The van der Waals surface area contributed by atoms with Gasteiger partial charge in [-0.3, -0.25) is 0 Å². The molecule has 0 radical (unpaired) electrons. The van der Waals surface area contributed by atoms with E-state index in [0.29, 0.717) is 5.82 Å². The molecule has 0 saturated carbocycles. The van der Waals surface area contributed by atoms with E-state index in [1.165, 1.54) is 12.1 Å². The first-order valence-electron chi connectivity index (χ1n) is 8.12. The molecule has 0 aliphatic carbocycles. The molecule has 2 aromatic carbocycles. The van der Waals surface area contributed by atoms with E-state index < -0.39 is 6.61 Å². The second kappa shape index (κ2) is 7.83. The maximum Gasteiger partial charge on any atom is 0.387 e. The first-order valence-corrected chi connectivity index (χ1v) is 8.12. The lowest BCUT2D eigenvalue weighted by Gasteiger charge is -2.07. The van der Waals surface area contributed by atoms with E-state index in [1.54, 1.807) is 12.1 Å². The van der Waals surface area contributed by atoms with Crippen molar-refractivity contribution < 1.29 is 13.5 Å². The Morgan fingerprint density at radius 3 is 1.88 bits per heavy atom. The van der Waals surface area contributed by atoms with Gasteiger partial charge in [-0.1, -0.05) is 49.7 Å². The summed E-state index contributed by atoms with van der Waals surface area (Å²) in [7, 11) is 0. The van der Waals surface area contributed by atoms with E-state index in [2.05, 4.69) is 21.6 Å². The number of alkyl halides is 2. The van der Waals surface area contributed by atoms with Gasteiger partial charge in [-0.05, 0) is 35.2 Å². The summed E-state index contributed by atoms with van der Waals surface area (Å²) in [6.45, 7) is -0.687. The van der Waals surface area contributed by atoms with E-state index in [4.69, 9.17) is 0 Å². The average Bonchev–Trinajstić information content (AvgIpc) is 2.63. The second-order valence-corrected chi connectivity index (χ2v) is 5.65. The van der Waals surface area contributed by atoms with Crippen molar-refractivity contribution in [1.29, 1.82) is 0 Å². The molecule has 1 heterocycles. The zero-order valence-electron chi connectivity index (χ0n) is 13.8. The Labute approximate surface area is 145 Å². The summed E-state index contributed by atoms with van der Waals surface area (Å²) < 4.78 is 28.7. The quantitative estimate of drug-likeness (QED) is 0.605. The van der Waals surface area contributed by atoms with Crippen LogP contribution >= 0.6 is 0 Å². The third-order valence-electron chi connectivity index (χ3n) is 3.80. The lowest BCUT2D eigenvalue weighted by Crippen LogP contribution is -2.01. The van der Waals surface area contributed by atoms with Gasteiger partial charge in [0.25, 0.3) is 0 Å². The van der Waals surface area contributed by atoms with Crippen molar-refractivity contribution in [3.63, 3.8) is 0 Å². The third kappa shape index (κ3) is 4.38. The molecule has 3 aromatic rings. The summed E-state index contributed by atoms with van der Waals surface area (Å²) >= 11 is 0. The standard InChI is InChI=1S/C20H18F2N2O/c1-2-3-14-12-23-19(24-13-14)17-6-4-15(5-7-17)16-8-10-18(11-9-16)25-20(21)22/h4-13,20H,2-3H2,1H3. The molecule has 128 valence electrons. The van der Waals surface area contributed by atoms with Crippen LogP contribution in [0.15, 0.2) is 60.9 Å². The molecule has 0 bridgehead atoms. The molecule has 0 amide bonds. The fourth-order valence-electron chi connectivity index (χ4n) is 2.56. The van der Waals surface area contributed by atoms with Gasteiger partial charge in [-0.2, -0.15) is 8.78 Å². The van der Waals surface area contributed by atoms with Crippen molar-refractivity contribution in [1.82, 2.24) is 9.97 Å². The Morgan fingerprint density at radius 2 is 1.36 bits per heavy atom. The van der Waals surface area contributed by atoms with E-state index in [0.717, 1.165) is 35.1 Å². The summed E-state index contributed by atoms with van der Waals surface area (Å²) in [6, 6.07) is 14.4. The molecule has 0 atom stereocenters. The summed E-state index contributed by atoms with van der Waals surface area (Å²) in [5, 5.41) is 0. The van der Waals surface area contributed by atoms with E-state index in [9.17, 15) is 8.78 Å². The molecule has 0 aliphatic rings. The Morgan fingerprint density at radius 1 is 0.840 bits per heavy atom. The zero-order chi connectivity index (χ0) is 17.6. The predicted octanol–water partition coefficient (Wildman–Crippen LogP) is 5.36. The average molecular weight is 340 g/mol. The highest BCUT2D eigenvalue weighted by molar-refractivity contribution is 5.68. The number of nitrogens with zero attached hydrogens (tertiary/aromatic N) is 2. The Balaban J connectivity index is 1.75. The van der Waals surface area contributed by atoms with E-state index in [1.807, 2.05) is 36.7 Å². The van der Waals surface area contributed by atoms with Gasteiger partial charge >= 0.3 is 6.61 Å². The number of aryl methyl sites for hydroxylation is 1. The van der Waals surface area contributed by atoms with Crippen molar-refractivity contribution in [3.05, 3.63) is 66.5 Å². The fraction of sp³-hybridized carbons (Fsp3) is 0.200. The van der Waals surface area contributed by atoms with Crippen LogP contribution in [0.5, 0.6) is 5.75 Å². The predicted molar refractivity (Wildman–Crippen MR) is 93.5 cm³/mol. The number of hydrogen-bond acceptors (Lipinski definition) is 3. The molecule has 0 spiro atoms. The van der Waals surface area contributed by atoms with Crippen molar-refractivity contribution in [3.8, 4) is 28.3 Å². The van der Waals surface area contributed by atoms with Gasteiger partial charge in [0.2, 0.25) is 0 Å². The Hall–Kier alpha value is -2.82. The van der Waals surface area contributed by atoms with Crippen molar-refractivity contribution in [2.24, 2.45) is 0 Å². The second-order valence-electron chi connectivity index (χ2n) is 5.65. The minimum atomic E-state index is -2.81. The SMILES string of the molecule is CCCc1cnc(-c2ccc(-c3ccc(OC(F)F)cc3)cc2)nc1. The molecule has 5 heteroatoms. The fourth-order valence-corrected chi connectivity index (χ4v) is 2.56. The minimum absolute atomic E-state index is 0.149. The third-order valence-corrected chi connectivity index (χ3v) is 3.80. The maximum absolute atomic E-state index is 12.2. The van der Waals surface area contributed by atoms with Crippen LogP contribution in [-0.2, 0) is 6.42 Å². The van der Waals surface area contributed by atoms with Crippen LogP contribution in [0, 0.1) is 0 Å². The number of halogens is 2. The summed E-state index contributed by atoms with van der Waals surface area (Å²) in [4.78, 5) is 8.82. The zero-order valence-corrected chi connectivity index (χ0v) is 13.8. The first kappa shape index (κ1) is 17.0. The maximum atomic E-state index is 12.2. The highest BCUT2D eigenvalue weighted by Crippen LogP contribution is 2.25. The molecule has 0 fully saturated rings. The van der Waals surface area contributed by atoms with Crippen LogP contribution in [0.1, 0.15) is 18.9 Å². The van der Waals surface area contributed by atoms with Gasteiger partial charge < -0.3 is 4.74 Å². The van der Waals surface area contributed by atoms with E-state index in [-0.39, 0.29) is 5.75 Å². The lowest BCUT2D eigenvalue weighted by molar-refractivity contribution is -0.0498. The molecule has 25 heavy (non-hydrogen) atoms. The summed E-state index contributed by atoms with van der Waals surface area (Å²) in [5.74, 6) is 0.836. The van der Waals surface area contributed by atoms with E-state index >= 15 is 0 Å². The number of rotatable bonds is 6. The number of aromatic nitrogens is 2. The Kier molecular flexibility index (Phi) is 5.33. The minimum Gasteiger partial charge on any atom is -0.435 e. The van der Waals surface area contributed by atoms with Crippen LogP contribution in [0.4, 0.5) is 8.78 Å². The topological polar surface area (TPSA) is 35.0 Å². The monoisotopic (exact) mass is 340 g/mol. The molecule has 0 aliphatic heterocycles. The number of hydrogen-bond donors (Lipinski definition) is 0. The highest BCUT2D eigenvalue weighted by Gasteiger charge is 2.06. The lowest BCUT2D eigenvalue weighted by atomic mass is 10.0. The van der Waals surface area contributed by atoms with Crippen LogP contribution in [0.25, 0.3) is 22.5 Å². The molecule has 0 saturated heterocycles. The van der Waals surface area contributed by atoms with Crippen LogP contribution in [0.3, 0.4) is 0 Å².